The number of anilines is 1. The van der Waals surface area contributed by atoms with Gasteiger partial charge in [0.15, 0.2) is 0 Å². The van der Waals surface area contributed by atoms with Gasteiger partial charge in [0.2, 0.25) is 0 Å². The second-order valence-corrected chi connectivity index (χ2v) is 10.8. The molecular weight excluding hydrogens is 442 g/mol. The second kappa shape index (κ2) is 9.75. The Kier molecular flexibility index (Phi) is 6.79. The van der Waals surface area contributed by atoms with Gasteiger partial charge in [-0.25, -0.2) is 0 Å². The summed E-state index contributed by atoms with van der Waals surface area (Å²) in [6.07, 6.45) is 6.09. The molecule has 2 aromatic rings. The van der Waals surface area contributed by atoms with E-state index in [1.807, 2.05) is 23.9 Å². The molecule has 1 aliphatic carbocycles. The number of benzene rings is 1. The van der Waals surface area contributed by atoms with E-state index in [1.54, 1.807) is 6.92 Å². The SMILES string of the molecule is CC(=O)C1CN(CC[C@@H]2CSC(c3cc4cc(Cl)cc(NC5CCCC5)c4[nH]3)=N2)CCN1. The maximum atomic E-state index is 11.7. The van der Waals surface area contributed by atoms with Crippen LogP contribution in [-0.4, -0.2) is 70.8 Å². The molecule has 8 heteroatoms. The van der Waals surface area contributed by atoms with Gasteiger partial charge in [-0.15, -0.1) is 11.8 Å². The van der Waals surface area contributed by atoms with Crippen LogP contribution in [-0.2, 0) is 4.79 Å². The normalized spacial score (nSPS) is 24.9. The number of Topliss-reactive ketones (excluding diaryl/α,β-unsaturated/α-hetero) is 1. The van der Waals surface area contributed by atoms with Gasteiger partial charge in [-0.2, -0.15) is 0 Å². The quantitative estimate of drug-likeness (QED) is 0.559. The summed E-state index contributed by atoms with van der Waals surface area (Å²) in [4.78, 5) is 22.7. The number of H-pyrrole nitrogens is 1. The largest absolute Gasteiger partial charge is 0.381 e. The minimum absolute atomic E-state index is 0.0222. The van der Waals surface area contributed by atoms with Crippen LogP contribution >= 0.6 is 23.4 Å². The predicted octanol–water partition coefficient (Wildman–Crippen LogP) is 4.29. The monoisotopic (exact) mass is 473 g/mol. The molecular formula is C24H32ClN5OS. The van der Waals surface area contributed by atoms with Gasteiger partial charge in [-0.05, 0) is 44.4 Å². The van der Waals surface area contributed by atoms with Crippen molar-refractivity contribution in [3.63, 3.8) is 0 Å². The smallest absolute Gasteiger partial charge is 0.147 e. The number of carbonyl (C=O) groups excluding carboxylic acids is 1. The Balaban J connectivity index is 1.26. The summed E-state index contributed by atoms with van der Waals surface area (Å²) < 4.78 is 0. The molecule has 5 rings (SSSR count). The fraction of sp³-hybridized carbons (Fsp3) is 0.583. The molecule has 1 saturated heterocycles. The van der Waals surface area contributed by atoms with Gasteiger partial charge in [0, 0.05) is 48.4 Å². The Labute approximate surface area is 198 Å². The summed E-state index contributed by atoms with van der Waals surface area (Å²) in [6.45, 7) is 5.36. The molecule has 32 heavy (non-hydrogen) atoms. The first-order chi connectivity index (χ1) is 15.5. The molecule has 2 aliphatic heterocycles. The lowest BCUT2D eigenvalue weighted by molar-refractivity contribution is -0.120. The molecule has 172 valence electrons. The van der Waals surface area contributed by atoms with Crippen molar-refractivity contribution < 1.29 is 4.79 Å². The third-order valence-electron chi connectivity index (χ3n) is 6.88. The van der Waals surface area contributed by atoms with Crippen LogP contribution in [0.3, 0.4) is 0 Å². The van der Waals surface area contributed by atoms with E-state index in [0.29, 0.717) is 12.1 Å². The Bertz CT molecular complexity index is 1020. The van der Waals surface area contributed by atoms with Crippen molar-refractivity contribution in [2.75, 3.05) is 37.2 Å². The van der Waals surface area contributed by atoms with Crippen LogP contribution in [0.15, 0.2) is 23.2 Å². The fourth-order valence-corrected chi connectivity index (χ4v) is 6.36. The molecule has 0 radical (unpaired) electrons. The highest BCUT2D eigenvalue weighted by Crippen LogP contribution is 2.33. The zero-order valence-electron chi connectivity index (χ0n) is 18.6. The Hall–Kier alpha value is -1.54. The first-order valence-electron chi connectivity index (χ1n) is 11.8. The number of carbonyl (C=O) groups is 1. The number of aromatic amines is 1. The average molecular weight is 474 g/mol. The van der Waals surface area contributed by atoms with Gasteiger partial charge >= 0.3 is 0 Å². The number of fused-ring (bicyclic) bond motifs is 1. The van der Waals surface area contributed by atoms with Crippen molar-refractivity contribution >= 4 is 50.8 Å². The highest BCUT2D eigenvalue weighted by molar-refractivity contribution is 8.14. The highest BCUT2D eigenvalue weighted by Gasteiger charge is 2.25. The van der Waals surface area contributed by atoms with Crippen LogP contribution in [0, 0.1) is 0 Å². The van der Waals surface area contributed by atoms with Crippen LogP contribution in [0.1, 0.15) is 44.7 Å². The minimum atomic E-state index is -0.0222. The van der Waals surface area contributed by atoms with E-state index in [9.17, 15) is 4.79 Å². The third kappa shape index (κ3) is 5.01. The number of aliphatic imine (C=N–C) groups is 1. The number of rotatable bonds is 7. The predicted molar refractivity (Wildman–Crippen MR) is 135 cm³/mol. The van der Waals surface area contributed by atoms with E-state index >= 15 is 0 Å². The summed E-state index contributed by atoms with van der Waals surface area (Å²) >= 11 is 8.26. The first kappa shape index (κ1) is 22.3. The molecule has 3 N–H and O–H groups in total. The Morgan fingerprint density at radius 1 is 1.31 bits per heavy atom. The second-order valence-electron chi connectivity index (χ2n) is 9.33. The third-order valence-corrected chi connectivity index (χ3v) is 8.25. The summed E-state index contributed by atoms with van der Waals surface area (Å²) in [5.74, 6) is 1.24. The fourth-order valence-electron chi connectivity index (χ4n) is 5.06. The number of hydrogen-bond donors (Lipinski definition) is 3. The van der Waals surface area contributed by atoms with Crippen LogP contribution in [0.5, 0.6) is 0 Å². The van der Waals surface area contributed by atoms with Gasteiger partial charge < -0.3 is 15.6 Å². The van der Waals surface area contributed by atoms with Crippen LogP contribution in [0.2, 0.25) is 5.02 Å². The molecule has 2 fully saturated rings. The van der Waals surface area contributed by atoms with E-state index in [1.165, 1.54) is 25.7 Å². The molecule has 1 aromatic carbocycles. The summed E-state index contributed by atoms with van der Waals surface area (Å²) in [5.41, 5.74) is 3.31. The van der Waals surface area contributed by atoms with E-state index in [-0.39, 0.29) is 11.8 Å². The molecule has 1 unspecified atom stereocenters. The topological polar surface area (TPSA) is 72.5 Å². The maximum absolute atomic E-state index is 11.7. The summed E-state index contributed by atoms with van der Waals surface area (Å²) in [7, 11) is 0. The van der Waals surface area contributed by atoms with Crippen molar-refractivity contribution in [2.45, 2.75) is 57.2 Å². The number of ketones is 1. The number of hydrogen-bond acceptors (Lipinski definition) is 6. The van der Waals surface area contributed by atoms with Crippen molar-refractivity contribution in [3.8, 4) is 0 Å². The van der Waals surface area contributed by atoms with Crippen molar-refractivity contribution in [1.82, 2.24) is 15.2 Å². The number of halogens is 1. The lowest BCUT2D eigenvalue weighted by atomic mass is 10.1. The maximum Gasteiger partial charge on any atom is 0.147 e. The van der Waals surface area contributed by atoms with Crippen LogP contribution in [0.4, 0.5) is 5.69 Å². The zero-order valence-corrected chi connectivity index (χ0v) is 20.2. The molecule has 0 spiro atoms. The van der Waals surface area contributed by atoms with E-state index in [4.69, 9.17) is 16.6 Å². The van der Waals surface area contributed by atoms with E-state index in [2.05, 4.69) is 26.6 Å². The Morgan fingerprint density at radius 2 is 2.16 bits per heavy atom. The van der Waals surface area contributed by atoms with Crippen LogP contribution < -0.4 is 10.6 Å². The zero-order chi connectivity index (χ0) is 22.1. The van der Waals surface area contributed by atoms with Crippen LogP contribution in [0.25, 0.3) is 10.9 Å². The number of thioether (sulfide) groups is 1. The van der Waals surface area contributed by atoms with Gasteiger partial charge in [-0.3, -0.25) is 14.7 Å². The average Bonchev–Trinajstić information content (AvgIpc) is 3.53. The molecule has 2 atom stereocenters. The van der Waals surface area contributed by atoms with Gasteiger partial charge in [0.25, 0.3) is 0 Å². The lowest BCUT2D eigenvalue weighted by Gasteiger charge is -2.32. The van der Waals surface area contributed by atoms with Gasteiger partial charge in [0.1, 0.15) is 10.8 Å². The summed E-state index contributed by atoms with van der Waals surface area (Å²) in [5, 5.41) is 10.0. The molecule has 3 heterocycles. The number of aromatic nitrogens is 1. The molecule has 0 bridgehead atoms. The van der Waals surface area contributed by atoms with Gasteiger partial charge in [0.05, 0.1) is 29.0 Å². The number of piperazine rings is 1. The Morgan fingerprint density at radius 3 is 2.97 bits per heavy atom. The van der Waals surface area contributed by atoms with E-state index < -0.39 is 0 Å². The number of nitrogens with zero attached hydrogens (tertiary/aromatic N) is 2. The molecule has 3 aliphatic rings. The minimum Gasteiger partial charge on any atom is -0.381 e. The van der Waals surface area contributed by atoms with Crippen molar-refractivity contribution in [1.29, 1.82) is 0 Å². The first-order valence-corrected chi connectivity index (χ1v) is 13.2. The van der Waals surface area contributed by atoms with Gasteiger partial charge in [-0.1, -0.05) is 24.4 Å². The van der Waals surface area contributed by atoms with Crippen molar-refractivity contribution in [3.05, 3.63) is 28.9 Å². The number of nitrogens with one attached hydrogen (secondary N) is 3. The standard InChI is InChI=1S/C24H32ClN5OS/c1-15(31)22-13-30(9-7-26-22)8-6-19-14-32-24(28-19)21-11-16-10-17(25)12-20(23(16)29-21)27-18-4-2-3-5-18/h10-12,18-19,22,26-27,29H,2-9,13-14H2,1H3/t19-,22?/m1/s1. The highest BCUT2D eigenvalue weighted by atomic mass is 35.5. The molecule has 1 aromatic heterocycles. The lowest BCUT2D eigenvalue weighted by Crippen LogP contribution is -2.53. The molecule has 6 nitrogen and oxygen atoms in total. The summed E-state index contributed by atoms with van der Waals surface area (Å²) in [6, 6.07) is 7.10. The molecule has 1 saturated carbocycles. The van der Waals surface area contributed by atoms with E-state index in [0.717, 1.165) is 70.7 Å². The molecule has 0 amide bonds. The van der Waals surface area contributed by atoms with Crippen molar-refractivity contribution in [2.24, 2.45) is 4.99 Å².